The molecule has 1 saturated heterocycles. The van der Waals surface area contributed by atoms with E-state index in [4.69, 9.17) is 4.74 Å². The highest BCUT2D eigenvalue weighted by atomic mass is 16.5. The number of nitrogens with zero attached hydrogens (tertiary/aromatic N) is 2. The van der Waals surface area contributed by atoms with Crippen molar-refractivity contribution >= 4 is 5.82 Å². The molecule has 76 valence electrons. The Morgan fingerprint density at radius 3 is 2.86 bits per heavy atom. The molecule has 1 fully saturated rings. The van der Waals surface area contributed by atoms with Gasteiger partial charge in [-0.25, -0.2) is 0 Å². The number of anilines is 1. The zero-order valence-electron chi connectivity index (χ0n) is 8.53. The molecular weight excluding hydrogens is 178 g/mol. The van der Waals surface area contributed by atoms with Crippen LogP contribution in [-0.4, -0.2) is 29.5 Å². The van der Waals surface area contributed by atoms with Crippen LogP contribution in [0.5, 0.6) is 0 Å². The Hall–Kier alpha value is -1.16. The fourth-order valence-electron chi connectivity index (χ4n) is 1.30. The molecule has 0 aliphatic carbocycles. The van der Waals surface area contributed by atoms with Crippen molar-refractivity contribution in [3.63, 3.8) is 0 Å². The monoisotopic (exact) mass is 193 g/mol. The van der Waals surface area contributed by atoms with Crippen LogP contribution in [0.15, 0.2) is 12.3 Å². The summed E-state index contributed by atoms with van der Waals surface area (Å²) in [5.74, 6) is 1.34. The van der Waals surface area contributed by atoms with E-state index in [1.165, 1.54) is 5.56 Å². The third-order valence-electron chi connectivity index (χ3n) is 2.33. The molecule has 0 amide bonds. The Morgan fingerprint density at radius 2 is 2.29 bits per heavy atom. The summed E-state index contributed by atoms with van der Waals surface area (Å²) in [7, 11) is 0. The Kier molecular flexibility index (Phi) is 2.63. The van der Waals surface area contributed by atoms with Gasteiger partial charge >= 0.3 is 0 Å². The van der Waals surface area contributed by atoms with E-state index in [9.17, 15) is 0 Å². The van der Waals surface area contributed by atoms with Crippen LogP contribution in [0.1, 0.15) is 25.3 Å². The van der Waals surface area contributed by atoms with E-state index in [1.807, 2.05) is 6.20 Å². The molecule has 0 spiro atoms. The fourth-order valence-corrected chi connectivity index (χ4v) is 1.30. The molecule has 0 atom stereocenters. The summed E-state index contributed by atoms with van der Waals surface area (Å²) in [5, 5.41) is 11.3. The summed E-state index contributed by atoms with van der Waals surface area (Å²) in [4.78, 5) is 0. The van der Waals surface area contributed by atoms with E-state index in [0.717, 1.165) is 19.0 Å². The highest BCUT2D eigenvalue weighted by Crippen LogP contribution is 2.16. The minimum atomic E-state index is 0.409. The standard InChI is InChI=1S/C10H15N3O/c1-7(2)8-3-10(13-11-4-8)12-9-5-14-6-9/h3-4,7,9H,5-6H2,1-2H3,(H,12,13). The number of aromatic nitrogens is 2. The lowest BCUT2D eigenvalue weighted by atomic mass is 10.1. The van der Waals surface area contributed by atoms with Crippen LogP contribution in [0.25, 0.3) is 0 Å². The number of nitrogens with one attached hydrogen (secondary N) is 1. The zero-order valence-corrected chi connectivity index (χ0v) is 8.53. The summed E-state index contributed by atoms with van der Waals surface area (Å²) in [6.45, 7) is 5.83. The molecule has 14 heavy (non-hydrogen) atoms. The summed E-state index contributed by atoms with van der Waals surface area (Å²) in [6, 6.07) is 2.46. The van der Waals surface area contributed by atoms with Crippen molar-refractivity contribution in [3.05, 3.63) is 17.8 Å². The first kappa shape index (κ1) is 9.40. The van der Waals surface area contributed by atoms with Crippen LogP contribution in [0.2, 0.25) is 0 Å². The van der Waals surface area contributed by atoms with Crippen molar-refractivity contribution in [2.45, 2.75) is 25.8 Å². The predicted octanol–water partition coefficient (Wildman–Crippen LogP) is 1.41. The maximum Gasteiger partial charge on any atom is 0.149 e. The first-order valence-electron chi connectivity index (χ1n) is 4.92. The smallest absolute Gasteiger partial charge is 0.149 e. The van der Waals surface area contributed by atoms with Crippen molar-refractivity contribution in [1.29, 1.82) is 0 Å². The Labute approximate surface area is 83.7 Å². The summed E-state index contributed by atoms with van der Waals surface area (Å²) in [5.41, 5.74) is 1.21. The van der Waals surface area contributed by atoms with Crippen LogP contribution >= 0.6 is 0 Å². The number of hydrogen-bond acceptors (Lipinski definition) is 4. The topological polar surface area (TPSA) is 47.0 Å². The van der Waals surface area contributed by atoms with Gasteiger partial charge in [0.05, 0.1) is 25.5 Å². The maximum atomic E-state index is 5.07. The van der Waals surface area contributed by atoms with Gasteiger partial charge in [0.25, 0.3) is 0 Å². The quantitative estimate of drug-likeness (QED) is 0.788. The normalized spacial score (nSPS) is 16.8. The minimum absolute atomic E-state index is 0.409. The highest BCUT2D eigenvalue weighted by molar-refractivity contribution is 5.38. The molecule has 1 aromatic heterocycles. The van der Waals surface area contributed by atoms with E-state index in [0.29, 0.717) is 12.0 Å². The van der Waals surface area contributed by atoms with Gasteiger partial charge in [-0.05, 0) is 17.5 Å². The fraction of sp³-hybridized carbons (Fsp3) is 0.600. The molecule has 2 heterocycles. The Bertz CT molecular complexity index is 310. The zero-order chi connectivity index (χ0) is 9.97. The van der Waals surface area contributed by atoms with Gasteiger partial charge in [-0.1, -0.05) is 13.8 Å². The van der Waals surface area contributed by atoms with Crippen molar-refractivity contribution in [1.82, 2.24) is 10.2 Å². The molecule has 2 rings (SSSR count). The van der Waals surface area contributed by atoms with E-state index >= 15 is 0 Å². The van der Waals surface area contributed by atoms with Crippen LogP contribution in [-0.2, 0) is 4.74 Å². The van der Waals surface area contributed by atoms with Crippen LogP contribution in [0, 0.1) is 0 Å². The number of ether oxygens (including phenoxy) is 1. The molecule has 1 aromatic rings. The molecule has 0 saturated carbocycles. The molecule has 1 N–H and O–H groups in total. The van der Waals surface area contributed by atoms with Crippen molar-refractivity contribution < 1.29 is 4.74 Å². The minimum Gasteiger partial charge on any atom is -0.377 e. The van der Waals surface area contributed by atoms with Crippen molar-refractivity contribution in [3.8, 4) is 0 Å². The molecule has 0 bridgehead atoms. The number of rotatable bonds is 3. The molecule has 0 radical (unpaired) electrons. The van der Waals surface area contributed by atoms with Crippen LogP contribution < -0.4 is 5.32 Å². The molecule has 0 aromatic carbocycles. The van der Waals surface area contributed by atoms with Gasteiger partial charge in [0.15, 0.2) is 0 Å². The van der Waals surface area contributed by atoms with Gasteiger partial charge in [-0.2, -0.15) is 5.10 Å². The van der Waals surface area contributed by atoms with E-state index in [-0.39, 0.29) is 0 Å². The van der Waals surface area contributed by atoms with Gasteiger partial charge in [-0.15, -0.1) is 5.10 Å². The molecular formula is C10H15N3O. The van der Waals surface area contributed by atoms with E-state index < -0.39 is 0 Å². The molecule has 1 aliphatic rings. The average molecular weight is 193 g/mol. The number of hydrogen-bond donors (Lipinski definition) is 1. The van der Waals surface area contributed by atoms with Gasteiger partial charge < -0.3 is 10.1 Å². The third-order valence-corrected chi connectivity index (χ3v) is 2.33. The van der Waals surface area contributed by atoms with Gasteiger partial charge in [0.1, 0.15) is 5.82 Å². The first-order valence-corrected chi connectivity index (χ1v) is 4.92. The Morgan fingerprint density at radius 1 is 1.50 bits per heavy atom. The average Bonchev–Trinajstić information content (AvgIpc) is 2.12. The Balaban J connectivity index is 2.05. The van der Waals surface area contributed by atoms with Gasteiger partial charge in [0, 0.05) is 0 Å². The molecule has 4 nitrogen and oxygen atoms in total. The van der Waals surface area contributed by atoms with Gasteiger partial charge in [-0.3, -0.25) is 0 Å². The second-order valence-corrected chi connectivity index (χ2v) is 3.91. The summed E-state index contributed by atoms with van der Waals surface area (Å²) in [6.07, 6.45) is 1.81. The molecule has 0 unspecified atom stereocenters. The highest BCUT2D eigenvalue weighted by Gasteiger charge is 2.18. The summed E-state index contributed by atoms with van der Waals surface area (Å²) < 4.78 is 5.07. The SMILES string of the molecule is CC(C)c1cnnc(NC2COC2)c1. The lowest BCUT2D eigenvalue weighted by Crippen LogP contribution is -2.40. The van der Waals surface area contributed by atoms with Crippen molar-refractivity contribution in [2.24, 2.45) is 0 Å². The predicted molar refractivity (Wildman–Crippen MR) is 54.4 cm³/mol. The third kappa shape index (κ3) is 2.01. The van der Waals surface area contributed by atoms with E-state index in [2.05, 4.69) is 35.4 Å². The second kappa shape index (κ2) is 3.92. The lowest BCUT2D eigenvalue weighted by Gasteiger charge is -2.27. The van der Waals surface area contributed by atoms with Crippen LogP contribution in [0.4, 0.5) is 5.82 Å². The second-order valence-electron chi connectivity index (χ2n) is 3.91. The maximum absolute atomic E-state index is 5.07. The largest absolute Gasteiger partial charge is 0.377 e. The lowest BCUT2D eigenvalue weighted by molar-refractivity contribution is 0.0209. The summed E-state index contributed by atoms with van der Waals surface area (Å²) >= 11 is 0. The molecule has 4 heteroatoms. The van der Waals surface area contributed by atoms with Crippen molar-refractivity contribution in [2.75, 3.05) is 18.5 Å². The van der Waals surface area contributed by atoms with Crippen LogP contribution in [0.3, 0.4) is 0 Å². The van der Waals surface area contributed by atoms with E-state index in [1.54, 1.807) is 0 Å². The molecule has 1 aliphatic heterocycles. The van der Waals surface area contributed by atoms with Gasteiger partial charge in [0.2, 0.25) is 0 Å². The first-order chi connectivity index (χ1) is 6.75.